The van der Waals surface area contributed by atoms with Crippen LogP contribution in [0, 0.1) is 0 Å². The molecule has 0 saturated heterocycles. The van der Waals surface area contributed by atoms with Crippen molar-refractivity contribution in [3.63, 3.8) is 0 Å². The fourth-order valence-electron chi connectivity index (χ4n) is 0.946. The van der Waals surface area contributed by atoms with Crippen molar-refractivity contribution in [1.29, 1.82) is 0 Å². The number of hydrogen-bond donors (Lipinski definition) is 1. The van der Waals surface area contributed by atoms with E-state index in [1.807, 2.05) is 26.1 Å². The van der Waals surface area contributed by atoms with E-state index in [2.05, 4.69) is 26.2 Å². The van der Waals surface area contributed by atoms with Crippen molar-refractivity contribution in [1.82, 2.24) is 10.3 Å². The van der Waals surface area contributed by atoms with Gasteiger partial charge in [0.25, 0.3) is 0 Å². The third kappa shape index (κ3) is 3.32. The molecule has 1 heterocycles. The summed E-state index contributed by atoms with van der Waals surface area (Å²) in [4.78, 5) is 4.21. The lowest BCUT2D eigenvalue weighted by atomic mass is 10.4. The van der Waals surface area contributed by atoms with Crippen molar-refractivity contribution in [2.75, 3.05) is 7.05 Å². The molecule has 2 unspecified atom stereocenters. The fourth-order valence-corrected chi connectivity index (χ4v) is 1.32. The van der Waals surface area contributed by atoms with Crippen LogP contribution in [0.3, 0.4) is 0 Å². The number of hydrogen-bond acceptors (Lipinski definition) is 3. The lowest BCUT2D eigenvalue weighted by Crippen LogP contribution is -2.37. The molecule has 0 amide bonds. The second-order valence-corrected chi connectivity index (χ2v) is 4.14. The van der Waals surface area contributed by atoms with Gasteiger partial charge in [0.05, 0.1) is 11.0 Å². The maximum atomic E-state index is 5.60. The smallest absolute Gasteiger partial charge is 0.162 e. The van der Waals surface area contributed by atoms with E-state index >= 15 is 0 Å². The second-order valence-electron chi connectivity index (χ2n) is 2.69. The number of rotatable bonds is 4. The molecule has 13 heavy (non-hydrogen) atoms. The van der Waals surface area contributed by atoms with Crippen LogP contribution in [0.1, 0.15) is 6.92 Å². The van der Waals surface area contributed by atoms with Crippen molar-refractivity contribution in [3.8, 4) is 5.75 Å². The maximum Gasteiger partial charge on any atom is 0.162 e. The first kappa shape index (κ1) is 10.5. The molecule has 0 aliphatic rings. The number of aromatic nitrogens is 1. The summed E-state index contributed by atoms with van der Waals surface area (Å²) in [5.74, 6) is 0.771. The molecule has 72 valence electrons. The molecule has 0 bridgehead atoms. The van der Waals surface area contributed by atoms with Crippen LogP contribution >= 0.6 is 15.9 Å². The van der Waals surface area contributed by atoms with Crippen molar-refractivity contribution in [3.05, 3.63) is 24.5 Å². The molecule has 4 heteroatoms. The summed E-state index contributed by atoms with van der Waals surface area (Å²) < 4.78 is 5.60. The van der Waals surface area contributed by atoms with E-state index in [-0.39, 0.29) is 11.1 Å². The fraction of sp³-hybridized carbons (Fsp3) is 0.444. The molecule has 1 aromatic rings. The Morgan fingerprint density at radius 2 is 2.38 bits per heavy atom. The molecule has 0 radical (unpaired) electrons. The van der Waals surface area contributed by atoms with Crippen LogP contribution < -0.4 is 10.1 Å². The average Bonchev–Trinajstić information content (AvgIpc) is 2.15. The molecule has 0 spiro atoms. The second kappa shape index (κ2) is 5.19. The summed E-state index contributed by atoms with van der Waals surface area (Å²) in [6.45, 7) is 2.03. The lowest BCUT2D eigenvalue weighted by molar-refractivity contribution is 0.176. The first-order valence-corrected chi connectivity index (χ1v) is 5.03. The molecule has 1 aromatic heterocycles. The molecular formula is C9H13BrN2O. The third-order valence-corrected chi connectivity index (χ3v) is 2.08. The summed E-state index contributed by atoms with van der Waals surface area (Å²) in [5, 5.41) is 3.05. The minimum absolute atomic E-state index is 0.0378. The monoisotopic (exact) mass is 244 g/mol. The van der Waals surface area contributed by atoms with E-state index in [0.717, 1.165) is 5.75 Å². The van der Waals surface area contributed by atoms with E-state index in [1.165, 1.54) is 0 Å². The topological polar surface area (TPSA) is 34.1 Å². The number of alkyl halides is 1. The van der Waals surface area contributed by atoms with E-state index in [1.54, 1.807) is 12.4 Å². The van der Waals surface area contributed by atoms with Crippen LogP contribution in [-0.2, 0) is 0 Å². The Hall–Kier alpha value is -0.610. The van der Waals surface area contributed by atoms with Gasteiger partial charge in [-0.15, -0.1) is 0 Å². The number of pyridine rings is 1. The zero-order chi connectivity index (χ0) is 9.68. The Labute approximate surface area is 86.6 Å². The Bertz CT molecular complexity index is 241. The average molecular weight is 245 g/mol. The highest BCUT2D eigenvalue weighted by Gasteiger charge is 2.13. The summed E-state index contributed by atoms with van der Waals surface area (Å²) >= 11 is 3.45. The van der Waals surface area contributed by atoms with Gasteiger partial charge in [0.1, 0.15) is 5.75 Å². The van der Waals surface area contributed by atoms with Crippen molar-refractivity contribution in [2.24, 2.45) is 0 Å². The van der Waals surface area contributed by atoms with Crippen LogP contribution in [0.25, 0.3) is 0 Å². The van der Waals surface area contributed by atoms with E-state index in [9.17, 15) is 0 Å². The van der Waals surface area contributed by atoms with Crippen LogP contribution in [0.15, 0.2) is 24.5 Å². The molecule has 0 aliphatic carbocycles. The minimum atomic E-state index is -0.0378. The molecule has 0 saturated carbocycles. The first-order chi connectivity index (χ1) is 6.24. The highest BCUT2D eigenvalue weighted by Crippen LogP contribution is 2.12. The number of nitrogens with one attached hydrogen (secondary N) is 1. The maximum absolute atomic E-state index is 5.60. The van der Waals surface area contributed by atoms with Crippen molar-refractivity contribution >= 4 is 15.9 Å². The summed E-state index contributed by atoms with van der Waals surface area (Å²) in [7, 11) is 1.86. The van der Waals surface area contributed by atoms with Gasteiger partial charge in [0.2, 0.25) is 0 Å². The van der Waals surface area contributed by atoms with Crippen LogP contribution in [0.5, 0.6) is 5.75 Å². The van der Waals surface area contributed by atoms with Crippen molar-refractivity contribution < 1.29 is 4.74 Å². The molecule has 0 aromatic carbocycles. The van der Waals surface area contributed by atoms with Crippen LogP contribution in [0.4, 0.5) is 0 Å². The summed E-state index contributed by atoms with van der Waals surface area (Å²) in [6.07, 6.45) is 3.38. The lowest BCUT2D eigenvalue weighted by Gasteiger charge is -2.20. The molecule has 3 nitrogen and oxygen atoms in total. The summed E-state index contributed by atoms with van der Waals surface area (Å²) in [5.41, 5.74) is 0. The number of ether oxygens (including phenoxy) is 1. The molecular weight excluding hydrogens is 232 g/mol. The number of halogens is 1. The largest absolute Gasteiger partial charge is 0.473 e. The van der Waals surface area contributed by atoms with E-state index in [4.69, 9.17) is 4.74 Å². The highest BCUT2D eigenvalue weighted by atomic mass is 79.9. The Morgan fingerprint density at radius 3 is 2.85 bits per heavy atom. The van der Waals surface area contributed by atoms with Gasteiger partial charge in [-0.1, -0.05) is 15.9 Å². The zero-order valence-corrected chi connectivity index (χ0v) is 9.28. The van der Waals surface area contributed by atoms with E-state index < -0.39 is 0 Å². The molecule has 0 aliphatic heterocycles. The highest BCUT2D eigenvalue weighted by molar-refractivity contribution is 9.09. The van der Waals surface area contributed by atoms with Gasteiger partial charge in [0, 0.05) is 6.20 Å². The van der Waals surface area contributed by atoms with Gasteiger partial charge in [-0.05, 0) is 26.1 Å². The molecule has 1 rings (SSSR count). The SMILES string of the molecule is CNC(Oc1cccnc1)C(C)Br. The zero-order valence-electron chi connectivity index (χ0n) is 7.70. The predicted octanol–water partition coefficient (Wildman–Crippen LogP) is 1.79. The quantitative estimate of drug-likeness (QED) is 0.648. The van der Waals surface area contributed by atoms with Gasteiger partial charge >= 0.3 is 0 Å². The van der Waals surface area contributed by atoms with Gasteiger partial charge in [-0.2, -0.15) is 0 Å². The molecule has 2 atom stereocenters. The molecule has 0 fully saturated rings. The van der Waals surface area contributed by atoms with Gasteiger partial charge in [-0.3, -0.25) is 10.3 Å². The predicted molar refractivity (Wildman–Crippen MR) is 56.1 cm³/mol. The minimum Gasteiger partial charge on any atom is -0.473 e. The molecule has 1 N–H and O–H groups in total. The Morgan fingerprint density at radius 1 is 1.62 bits per heavy atom. The van der Waals surface area contributed by atoms with Crippen molar-refractivity contribution in [2.45, 2.75) is 18.0 Å². The van der Waals surface area contributed by atoms with Gasteiger partial charge in [0.15, 0.2) is 6.23 Å². The third-order valence-electron chi connectivity index (χ3n) is 1.60. The Balaban J connectivity index is 2.57. The number of nitrogens with zero attached hydrogens (tertiary/aromatic N) is 1. The van der Waals surface area contributed by atoms with Gasteiger partial charge < -0.3 is 4.74 Å². The Kier molecular flexibility index (Phi) is 4.18. The standard InChI is InChI=1S/C9H13BrN2O/c1-7(10)9(11-2)13-8-4-3-5-12-6-8/h3-7,9,11H,1-2H3. The van der Waals surface area contributed by atoms with Gasteiger partial charge in [-0.25, -0.2) is 0 Å². The van der Waals surface area contributed by atoms with Crippen LogP contribution in [-0.4, -0.2) is 23.1 Å². The van der Waals surface area contributed by atoms with Crippen LogP contribution in [0.2, 0.25) is 0 Å². The first-order valence-electron chi connectivity index (χ1n) is 4.12. The normalized spacial score (nSPS) is 15.0. The van der Waals surface area contributed by atoms with E-state index in [0.29, 0.717) is 0 Å². The summed E-state index contributed by atoms with van der Waals surface area (Å²) in [6, 6.07) is 3.73.